The number of para-hydroxylation sites is 1. The van der Waals surface area contributed by atoms with Crippen LogP contribution in [0.25, 0.3) is 30.9 Å². The fourth-order valence-corrected chi connectivity index (χ4v) is 12.4. The van der Waals surface area contributed by atoms with Crippen LogP contribution in [0.1, 0.15) is 77.8 Å². The van der Waals surface area contributed by atoms with Crippen LogP contribution in [0.15, 0.2) is 174 Å². The number of thiophene rings is 1. The molecule has 290 valence electrons. The van der Waals surface area contributed by atoms with E-state index in [1.807, 2.05) is 11.3 Å². The maximum absolute atomic E-state index is 2.62. The van der Waals surface area contributed by atoms with Crippen LogP contribution in [0.5, 0.6) is 0 Å². The molecule has 2 heterocycles. The van der Waals surface area contributed by atoms with Crippen molar-refractivity contribution in [2.45, 2.75) is 88.3 Å². The van der Waals surface area contributed by atoms with E-state index < -0.39 is 0 Å². The van der Waals surface area contributed by atoms with Gasteiger partial charge in [-0.15, -0.1) is 23.1 Å². The van der Waals surface area contributed by atoms with Gasteiger partial charge in [0.25, 0.3) is 0 Å². The lowest BCUT2D eigenvalue weighted by atomic mass is 9.81. The zero-order valence-corrected chi connectivity index (χ0v) is 36.1. The molecule has 3 unspecified atom stereocenters. The molecule has 0 bridgehead atoms. The van der Waals surface area contributed by atoms with E-state index in [0.29, 0.717) is 17.2 Å². The fourth-order valence-electron chi connectivity index (χ4n) is 9.50. The lowest BCUT2D eigenvalue weighted by Crippen LogP contribution is -2.34. The molecule has 0 fully saturated rings. The van der Waals surface area contributed by atoms with Gasteiger partial charge in [0.05, 0.1) is 10.7 Å². The Labute approximate surface area is 352 Å². The van der Waals surface area contributed by atoms with Gasteiger partial charge in [-0.25, -0.2) is 0 Å². The Bertz CT molecular complexity index is 2760. The third-order valence-electron chi connectivity index (χ3n) is 12.6. The number of allylic oxidation sites excluding steroid dienone is 8. The van der Waals surface area contributed by atoms with E-state index >= 15 is 0 Å². The van der Waals surface area contributed by atoms with Crippen molar-refractivity contribution in [1.29, 1.82) is 0 Å². The summed E-state index contributed by atoms with van der Waals surface area (Å²) in [7, 11) is 0. The average Bonchev–Trinajstić information content (AvgIpc) is 3.81. The second kappa shape index (κ2) is 14.4. The van der Waals surface area contributed by atoms with Gasteiger partial charge in [-0.1, -0.05) is 144 Å². The number of rotatable bonds is 6. The molecule has 0 saturated heterocycles. The highest BCUT2D eigenvalue weighted by Gasteiger charge is 2.37. The minimum absolute atomic E-state index is 0.104. The first kappa shape index (κ1) is 37.3. The third-order valence-corrected chi connectivity index (χ3v) is 15.3. The van der Waals surface area contributed by atoms with Gasteiger partial charge in [-0.2, -0.15) is 0 Å². The van der Waals surface area contributed by atoms with Crippen LogP contribution < -0.4 is 9.80 Å². The third kappa shape index (κ3) is 6.50. The van der Waals surface area contributed by atoms with E-state index in [-0.39, 0.29) is 10.8 Å². The van der Waals surface area contributed by atoms with Crippen LogP contribution >= 0.6 is 23.1 Å². The summed E-state index contributed by atoms with van der Waals surface area (Å²) < 4.78 is 2.80. The van der Waals surface area contributed by atoms with Crippen molar-refractivity contribution in [1.82, 2.24) is 0 Å². The smallest absolute Gasteiger partial charge is 0.0556 e. The molecule has 0 saturated carbocycles. The zero-order chi connectivity index (χ0) is 39.8. The molecule has 1 aliphatic heterocycles. The fraction of sp³-hybridized carbons (Fsp3) is 0.259. The van der Waals surface area contributed by atoms with Crippen molar-refractivity contribution in [2.75, 3.05) is 9.80 Å². The van der Waals surface area contributed by atoms with Crippen molar-refractivity contribution in [2.24, 2.45) is 5.41 Å². The summed E-state index contributed by atoms with van der Waals surface area (Å²) in [6, 6.07) is 36.8. The van der Waals surface area contributed by atoms with Crippen LogP contribution in [0.4, 0.5) is 17.1 Å². The monoisotopic (exact) mass is 792 g/mol. The molecular weight excluding hydrogens is 741 g/mol. The summed E-state index contributed by atoms with van der Waals surface area (Å²) in [6.45, 7) is 13.9. The summed E-state index contributed by atoms with van der Waals surface area (Å²) in [5, 5.41) is 5.84. The molecule has 0 radical (unpaired) electrons. The van der Waals surface area contributed by atoms with Gasteiger partial charge in [0.1, 0.15) is 0 Å². The van der Waals surface area contributed by atoms with E-state index in [1.165, 1.54) is 81.0 Å². The maximum atomic E-state index is 2.62. The first-order valence-electron chi connectivity index (χ1n) is 21.0. The largest absolute Gasteiger partial charge is 0.338 e. The predicted octanol–water partition coefficient (Wildman–Crippen LogP) is 15.7. The van der Waals surface area contributed by atoms with E-state index in [2.05, 4.69) is 215 Å². The Balaban J connectivity index is 1.07. The SMILES string of the molecule is CC(C)(C)C1=CC=C(N(c2ccc3c(c2)sc2c4c(c5ccccc5c23)C2C=CC(N(c3ccccc3)c3ccc(C(C)(C)C)cc3)=CC2S4)C2C=CC=CC2)CC1. The molecule has 2 nitrogen and oxygen atoms in total. The van der Waals surface area contributed by atoms with Crippen molar-refractivity contribution >= 4 is 71.1 Å². The van der Waals surface area contributed by atoms with Gasteiger partial charge in [0.15, 0.2) is 0 Å². The normalized spacial score (nSPS) is 20.2. The average molecular weight is 793 g/mol. The van der Waals surface area contributed by atoms with Crippen molar-refractivity contribution in [3.63, 3.8) is 0 Å². The number of benzene rings is 5. The summed E-state index contributed by atoms with van der Waals surface area (Å²) in [6.07, 6.45) is 24.5. The second-order valence-electron chi connectivity index (χ2n) is 18.4. The van der Waals surface area contributed by atoms with Gasteiger partial charge in [0.2, 0.25) is 0 Å². The van der Waals surface area contributed by atoms with E-state index in [4.69, 9.17) is 0 Å². The predicted molar refractivity (Wildman–Crippen MR) is 254 cm³/mol. The number of anilines is 3. The van der Waals surface area contributed by atoms with Crippen LogP contribution in [-0.4, -0.2) is 11.3 Å². The molecule has 3 atom stereocenters. The van der Waals surface area contributed by atoms with Crippen LogP contribution in [-0.2, 0) is 5.41 Å². The summed E-state index contributed by atoms with van der Waals surface area (Å²) in [5.74, 6) is 0.311. The van der Waals surface area contributed by atoms with Gasteiger partial charge in [-0.3, -0.25) is 0 Å². The summed E-state index contributed by atoms with van der Waals surface area (Å²) >= 11 is 4.06. The molecule has 1 aromatic heterocycles. The van der Waals surface area contributed by atoms with Crippen LogP contribution in [0, 0.1) is 5.41 Å². The Kier molecular flexibility index (Phi) is 9.22. The highest BCUT2D eigenvalue weighted by atomic mass is 32.2. The van der Waals surface area contributed by atoms with Gasteiger partial charge in [0, 0.05) is 60.0 Å². The van der Waals surface area contributed by atoms with Gasteiger partial charge in [-0.05, 0) is 107 Å². The Morgan fingerprint density at radius 1 is 0.672 bits per heavy atom. The number of hydrogen-bond acceptors (Lipinski definition) is 4. The van der Waals surface area contributed by atoms with E-state index in [1.54, 1.807) is 0 Å². The molecule has 4 aliphatic rings. The molecule has 4 heteroatoms. The quantitative estimate of drug-likeness (QED) is 0.166. The Morgan fingerprint density at radius 3 is 2.12 bits per heavy atom. The molecule has 58 heavy (non-hydrogen) atoms. The Hall–Kier alpha value is -5.03. The molecule has 5 aromatic carbocycles. The van der Waals surface area contributed by atoms with Gasteiger partial charge >= 0.3 is 0 Å². The van der Waals surface area contributed by atoms with Crippen molar-refractivity contribution < 1.29 is 0 Å². The minimum Gasteiger partial charge on any atom is -0.338 e. The standard InChI is InChI=1S/C54H52N2S2/c1-53(2,3)35-21-25-39(26-22-35)55(37-15-9-7-10-16-37)41-29-31-45-47(33-41)57-51-49(45)43-19-13-14-20-44(43)50-46-32-30-42(34-48(46)58-52(50)51)56(38-17-11-8-12-18-38)40-27-23-36(24-28-40)54(4,5)6/h7-17,19-23,25-27,29-34,38,45,47H,18,24,28H2,1-6H3. The lowest BCUT2D eigenvalue weighted by Gasteiger charge is -2.37. The highest BCUT2D eigenvalue weighted by Crippen LogP contribution is 2.58. The lowest BCUT2D eigenvalue weighted by molar-refractivity contribution is 0.477. The first-order valence-corrected chi connectivity index (χ1v) is 22.7. The summed E-state index contributed by atoms with van der Waals surface area (Å²) in [5.41, 5.74) is 11.0. The number of hydrogen-bond donors (Lipinski definition) is 0. The highest BCUT2D eigenvalue weighted by molar-refractivity contribution is 8.00. The summed E-state index contributed by atoms with van der Waals surface area (Å²) in [4.78, 5) is 6.51. The minimum atomic E-state index is 0.104. The van der Waals surface area contributed by atoms with Crippen LogP contribution in [0.3, 0.4) is 0 Å². The molecule has 3 aliphatic carbocycles. The number of fused-ring (bicyclic) bond motifs is 10. The molecule has 6 aromatic rings. The molecule has 10 rings (SSSR count). The van der Waals surface area contributed by atoms with Crippen molar-refractivity contribution in [3.8, 4) is 0 Å². The molecular formula is C54H52N2S2. The van der Waals surface area contributed by atoms with Gasteiger partial charge < -0.3 is 9.80 Å². The topological polar surface area (TPSA) is 6.48 Å². The van der Waals surface area contributed by atoms with E-state index in [9.17, 15) is 0 Å². The van der Waals surface area contributed by atoms with Crippen LogP contribution in [0.2, 0.25) is 0 Å². The Morgan fingerprint density at radius 2 is 1.41 bits per heavy atom. The molecule has 0 amide bonds. The first-order chi connectivity index (χ1) is 28.0. The number of nitrogens with zero attached hydrogens (tertiary/aromatic N) is 2. The van der Waals surface area contributed by atoms with Crippen molar-refractivity contribution in [3.05, 3.63) is 180 Å². The maximum Gasteiger partial charge on any atom is 0.0556 e. The molecule has 0 spiro atoms. The number of thioether (sulfide) groups is 1. The second-order valence-corrected chi connectivity index (χ2v) is 20.6. The van der Waals surface area contributed by atoms with E-state index in [0.717, 1.165) is 19.3 Å². The zero-order valence-electron chi connectivity index (χ0n) is 34.5. The molecule has 0 N–H and O–H groups in total.